The van der Waals surface area contributed by atoms with Crippen LogP contribution in [0.3, 0.4) is 0 Å². The molecule has 1 heterocycles. The van der Waals surface area contributed by atoms with Gasteiger partial charge in [-0.1, -0.05) is 38.1 Å². The Morgan fingerprint density at radius 3 is 2.03 bits per heavy atom. The van der Waals surface area contributed by atoms with E-state index in [1.807, 2.05) is 0 Å². The molecule has 0 radical (unpaired) electrons. The first-order valence-corrected chi connectivity index (χ1v) is 12.7. The van der Waals surface area contributed by atoms with Gasteiger partial charge in [-0.25, -0.2) is 8.42 Å². The van der Waals surface area contributed by atoms with Gasteiger partial charge in [-0.15, -0.1) is 11.3 Å². The Bertz CT molecular complexity index is 1240. The van der Waals surface area contributed by atoms with Crippen molar-refractivity contribution in [1.29, 1.82) is 0 Å². The quantitative estimate of drug-likeness (QED) is 0.353. The zero-order valence-electron chi connectivity index (χ0n) is 18.4. The fourth-order valence-corrected chi connectivity index (χ4v) is 4.98. The average molecular weight is 501 g/mol. The second-order valence-corrected chi connectivity index (χ2v) is 10.5. The molecule has 0 aliphatic rings. The largest absolute Gasteiger partial charge is 0.340 e. The Balaban J connectivity index is 1.57. The number of nitrogens with one attached hydrogen (secondary N) is 4. The van der Waals surface area contributed by atoms with Gasteiger partial charge in [0.05, 0.1) is 0 Å². The summed E-state index contributed by atoms with van der Waals surface area (Å²) in [7, 11) is -3.70. The van der Waals surface area contributed by atoms with Crippen LogP contribution in [0.4, 0.5) is 5.69 Å². The van der Waals surface area contributed by atoms with Crippen molar-refractivity contribution < 1.29 is 22.8 Å². The third-order valence-corrected chi connectivity index (χ3v) is 7.51. The first kappa shape index (κ1) is 24.9. The number of sulfonamides is 1. The average Bonchev–Trinajstić information content (AvgIpc) is 3.37. The number of amides is 3. The highest BCUT2D eigenvalue weighted by atomic mass is 32.2. The molecule has 1 aromatic heterocycles. The van der Waals surface area contributed by atoms with Gasteiger partial charge in [-0.3, -0.25) is 30.0 Å². The minimum absolute atomic E-state index is 0.177. The lowest BCUT2D eigenvalue weighted by molar-refractivity contribution is -0.124. The van der Waals surface area contributed by atoms with Crippen LogP contribution in [0.1, 0.15) is 34.6 Å². The minimum Gasteiger partial charge on any atom is -0.340 e. The van der Waals surface area contributed by atoms with Crippen molar-refractivity contribution in [2.75, 3.05) is 4.72 Å². The summed E-state index contributed by atoms with van der Waals surface area (Å²) in [6.45, 7) is 3.54. The second kappa shape index (κ2) is 10.9. The molecule has 1 atom stereocenters. The van der Waals surface area contributed by atoms with Crippen LogP contribution >= 0.6 is 11.3 Å². The van der Waals surface area contributed by atoms with Crippen molar-refractivity contribution >= 4 is 44.8 Å². The van der Waals surface area contributed by atoms with Gasteiger partial charge in [0.2, 0.25) is 0 Å². The van der Waals surface area contributed by atoms with Gasteiger partial charge in [0.15, 0.2) is 0 Å². The molecule has 4 N–H and O–H groups in total. The number of benzene rings is 2. The Morgan fingerprint density at radius 2 is 1.44 bits per heavy atom. The van der Waals surface area contributed by atoms with E-state index in [4.69, 9.17) is 0 Å². The van der Waals surface area contributed by atoms with Crippen LogP contribution in [0, 0.1) is 5.92 Å². The van der Waals surface area contributed by atoms with Crippen molar-refractivity contribution in [1.82, 2.24) is 16.2 Å². The molecule has 0 bridgehead atoms. The van der Waals surface area contributed by atoms with E-state index in [0.29, 0.717) is 5.56 Å². The number of hydrazine groups is 1. The van der Waals surface area contributed by atoms with Gasteiger partial charge in [0, 0.05) is 16.8 Å². The molecule has 0 fully saturated rings. The maximum atomic E-state index is 12.6. The van der Waals surface area contributed by atoms with E-state index in [9.17, 15) is 22.8 Å². The van der Waals surface area contributed by atoms with E-state index in [1.54, 1.807) is 55.6 Å². The fraction of sp³-hybridized carbons (Fsp3) is 0.174. The van der Waals surface area contributed by atoms with Gasteiger partial charge < -0.3 is 5.32 Å². The molecule has 3 aromatic rings. The Morgan fingerprint density at radius 1 is 0.794 bits per heavy atom. The monoisotopic (exact) mass is 500 g/mol. The Kier molecular flexibility index (Phi) is 8.03. The van der Waals surface area contributed by atoms with Gasteiger partial charge in [-0.05, 0) is 53.8 Å². The molecule has 2 aromatic carbocycles. The number of thiophene rings is 1. The molecule has 0 aliphatic heterocycles. The van der Waals surface area contributed by atoms with Crippen LogP contribution in [0.2, 0.25) is 0 Å². The molecular formula is C23H24N4O5S2. The third-order valence-electron chi connectivity index (χ3n) is 4.73. The lowest BCUT2D eigenvalue weighted by atomic mass is 10.0. The summed E-state index contributed by atoms with van der Waals surface area (Å²) in [4.78, 5) is 37.4. The number of anilines is 1. The normalized spacial score (nSPS) is 12.0. The molecule has 0 saturated heterocycles. The third kappa shape index (κ3) is 6.42. The van der Waals surface area contributed by atoms with Crippen molar-refractivity contribution in [2.45, 2.75) is 24.1 Å². The lowest BCUT2D eigenvalue weighted by Gasteiger charge is -2.22. The van der Waals surface area contributed by atoms with Gasteiger partial charge in [-0.2, -0.15) is 0 Å². The maximum Gasteiger partial charge on any atom is 0.271 e. The zero-order valence-corrected chi connectivity index (χ0v) is 20.1. The first-order valence-electron chi connectivity index (χ1n) is 10.3. The van der Waals surface area contributed by atoms with Crippen molar-refractivity contribution in [3.05, 3.63) is 83.2 Å². The number of carbonyl (C=O) groups excluding carboxylic acids is 3. The summed E-state index contributed by atoms with van der Waals surface area (Å²) in [5.74, 6) is -1.81. The standard InChI is InChI=1S/C23H24N4O5S2/c1-15(2)20(24-21(28)16-7-4-3-5-8-16)23(30)26-25-22(29)17-10-12-18(13-11-17)27-34(31,32)19-9-6-14-33-19/h3-15,20,27H,1-2H3,(H,24,28)(H,25,29)(H,26,30)/t20-/m1/s1. The molecule has 34 heavy (non-hydrogen) atoms. The summed E-state index contributed by atoms with van der Waals surface area (Å²) in [5, 5.41) is 4.33. The van der Waals surface area contributed by atoms with Crippen molar-refractivity contribution in [3.63, 3.8) is 0 Å². The maximum absolute atomic E-state index is 12.6. The van der Waals surface area contributed by atoms with Crippen LogP contribution in [0.5, 0.6) is 0 Å². The molecule has 11 heteroatoms. The zero-order chi connectivity index (χ0) is 24.7. The highest BCUT2D eigenvalue weighted by Crippen LogP contribution is 2.20. The first-order chi connectivity index (χ1) is 16.2. The van der Waals surface area contributed by atoms with Crippen LogP contribution in [0.15, 0.2) is 76.3 Å². The number of hydrogen-bond donors (Lipinski definition) is 4. The van der Waals surface area contributed by atoms with E-state index in [-0.39, 0.29) is 21.4 Å². The van der Waals surface area contributed by atoms with Crippen LogP contribution in [-0.4, -0.2) is 32.2 Å². The van der Waals surface area contributed by atoms with E-state index in [1.165, 1.54) is 30.3 Å². The highest BCUT2D eigenvalue weighted by Gasteiger charge is 2.25. The SMILES string of the molecule is CC(C)[C@@H](NC(=O)c1ccccc1)C(=O)NNC(=O)c1ccc(NS(=O)(=O)c2cccs2)cc1. The van der Waals surface area contributed by atoms with Crippen molar-refractivity contribution in [3.8, 4) is 0 Å². The Labute approximate surface area is 201 Å². The van der Waals surface area contributed by atoms with E-state index >= 15 is 0 Å². The molecule has 0 unspecified atom stereocenters. The summed E-state index contributed by atoms with van der Waals surface area (Å²) in [6, 6.07) is 16.5. The van der Waals surface area contributed by atoms with Gasteiger partial charge in [0.1, 0.15) is 10.3 Å². The molecule has 178 valence electrons. The fourth-order valence-electron chi connectivity index (χ4n) is 2.93. The van der Waals surface area contributed by atoms with Crippen molar-refractivity contribution in [2.24, 2.45) is 5.92 Å². The molecular weight excluding hydrogens is 476 g/mol. The molecule has 0 aliphatic carbocycles. The molecule has 3 amide bonds. The summed E-state index contributed by atoms with van der Waals surface area (Å²) in [5.41, 5.74) is 5.55. The summed E-state index contributed by atoms with van der Waals surface area (Å²) in [6.07, 6.45) is 0. The number of rotatable bonds is 8. The summed E-state index contributed by atoms with van der Waals surface area (Å²) >= 11 is 1.09. The Hall–Kier alpha value is -3.70. The smallest absolute Gasteiger partial charge is 0.271 e. The van der Waals surface area contributed by atoms with Crippen LogP contribution < -0.4 is 20.9 Å². The molecule has 3 rings (SSSR count). The number of hydrogen-bond acceptors (Lipinski definition) is 6. The number of carbonyl (C=O) groups is 3. The second-order valence-electron chi connectivity index (χ2n) is 7.62. The van der Waals surface area contributed by atoms with E-state index in [2.05, 4.69) is 20.9 Å². The topological polar surface area (TPSA) is 133 Å². The van der Waals surface area contributed by atoms with E-state index in [0.717, 1.165) is 11.3 Å². The molecule has 0 saturated carbocycles. The predicted molar refractivity (Wildman–Crippen MR) is 130 cm³/mol. The van der Waals surface area contributed by atoms with Crippen LogP contribution in [-0.2, 0) is 14.8 Å². The molecule has 0 spiro atoms. The predicted octanol–water partition coefficient (Wildman–Crippen LogP) is 2.76. The minimum atomic E-state index is -3.70. The summed E-state index contributed by atoms with van der Waals surface area (Å²) < 4.78 is 27.2. The van der Waals surface area contributed by atoms with Gasteiger partial charge in [0.25, 0.3) is 27.7 Å². The van der Waals surface area contributed by atoms with Crippen LogP contribution in [0.25, 0.3) is 0 Å². The molecule has 9 nitrogen and oxygen atoms in total. The highest BCUT2D eigenvalue weighted by molar-refractivity contribution is 7.94. The van der Waals surface area contributed by atoms with E-state index < -0.39 is 33.8 Å². The lowest BCUT2D eigenvalue weighted by Crippen LogP contribution is -2.54. The van der Waals surface area contributed by atoms with Gasteiger partial charge >= 0.3 is 0 Å².